The maximum Gasteiger partial charge on any atom is 0.324 e. The third-order valence-electron chi connectivity index (χ3n) is 2.08. The van der Waals surface area contributed by atoms with Crippen LogP contribution in [0.25, 0.3) is 0 Å². The van der Waals surface area contributed by atoms with E-state index in [9.17, 15) is 22.4 Å². The van der Waals surface area contributed by atoms with Gasteiger partial charge in [-0.2, -0.15) is 8.78 Å². The second-order valence-electron chi connectivity index (χ2n) is 3.45. The molecule has 0 spiro atoms. The van der Waals surface area contributed by atoms with Crippen molar-refractivity contribution in [3.05, 3.63) is 28.8 Å². The quantitative estimate of drug-likeness (QED) is 0.659. The number of hydrogen-bond acceptors (Lipinski definition) is 2. The van der Waals surface area contributed by atoms with Gasteiger partial charge in [-0.15, -0.1) is 0 Å². The smallest absolute Gasteiger partial charge is 0.324 e. The fourth-order valence-corrected chi connectivity index (χ4v) is 1.31. The molecule has 0 aromatic heterocycles. The zero-order valence-electron chi connectivity index (χ0n) is 8.89. The molecular formula is C10H9ClF4N2O. The van der Waals surface area contributed by atoms with E-state index >= 15 is 0 Å². The molecule has 3 nitrogen and oxygen atoms in total. The number of nitrogens with one attached hydrogen (secondary N) is 1. The Morgan fingerprint density at radius 1 is 1.44 bits per heavy atom. The maximum absolute atomic E-state index is 12.6. The van der Waals surface area contributed by atoms with Gasteiger partial charge in [-0.1, -0.05) is 17.7 Å². The minimum atomic E-state index is -4.29. The second-order valence-corrected chi connectivity index (χ2v) is 3.83. The first-order valence-corrected chi connectivity index (χ1v) is 5.11. The van der Waals surface area contributed by atoms with E-state index < -0.39 is 24.8 Å². The zero-order valence-corrected chi connectivity index (χ0v) is 9.65. The average molecular weight is 285 g/mol. The summed E-state index contributed by atoms with van der Waals surface area (Å²) >= 11 is 5.68. The first-order valence-electron chi connectivity index (χ1n) is 4.74. The highest BCUT2D eigenvalue weighted by Gasteiger charge is 2.40. The van der Waals surface area contributed by atoms with Gasteiger partial charge in [0.05, 0.1) is 22.8 Å². The molecule has 1 amide bonds. The van der Waals surface area contributed by atoms with Gasteiger partial charge < -0.3 is 11.1 Å². The first kappa shape index (κ1) is 14.6. The standard InChI is InChI=1S/C10H9ClF4N2O/c11-7-5(2-1-3-6(7)16)8(18)17-4-10(14,15)9(12)13/h1-3,9H,4,16H2,(H,17,18). The Balaban J connectivity index is 2.75. The molecule has 0 bridgehead atoms. The van der Waals surface area contributed by atoms with E-state index in [0.29, 0.717) is 0 Å². The van der Waals surface area contributed by atoms with E-state index in [1.54, 1.807) is 5.32 Å². The lowest BCUT2D eigenvalue weighted by Gasteiger charge is -2.16. The number of carbonyl (C=O) groups excluding carboxylic acids is 1. The van der Waals surface area contributed by atoms with Crippen LogP contribution in [0.5, 0.6) is 0 Å². The van der Waals surface area contributed by atoms with Crippen molar-refractivity contribution in [1.82, 2.24) is 5.32 Å². The number of amides is 1. The second kappa shape index (κ2) is 5.43. The molecule has 1 rings (SSSR count). The number of anilines is 1. The van der Waals surface area contributed by atoms with Crippen molar-refractivity contribution in [1.29, 1.82) is 0 Å². The summed E-state index contributed by atoms with van der Waals surface area (Å²) < 4.78 is 48.9. The van der Waals surface area contributed by atoms with Gasteiger partial charge in [0.15, 0.2) is 0 Å². The minimum absolute atomic E-state index is 0.0879. The number of hydrogen-bond donors (Lipinski definition) is 2. The molecule has 0 saturated carbocycles. The molecule has 3 N–H and O–H groups in total. The summed E-state index contributed by atoms with van der Waals surface area (Å²) in [4.78, 5) is 11.5. The van der Waals surface area contributed by atoms with E-state index in [4.69, 9.17) is 17.3 Å². The normalized spacial score (nSPS) is 11.7. The molecule has 1 aromatic rings. The number of nitrogens with two attached hydrogens (primary N) is 1. The lowest BCUT2D eigenvalue weighted by Crippen LogP contribution is -2.41. The van der Waals surface area contributed by atoms with Gasteiger partial charge in [-0.3, -0.25) is 4.79 Å². The fourth-order valence-electron chi connectivity index (χ4n) is 1.10. The third-order valence-corrected chi connectivity index (χ3v) is 2.50. The SMILES string of the molecule is Nc1cccc(C(=O)NCC(F)(F)C(F)F)c1Cl. The number of carbonyl (C=O) groups is 1. The Morgan fingerprint density at radius 2 is 2.06 bits per heavy atom. The van der Waals surface area contributed by atoms with Gasteiger partial charge in [0.25, 0.3) is 5.91 Å². The van der Waals surface area contributed by atoms with Crippen LogP contribution in [0.2, 0.25) is 5.02 Å². The lowest BCUT2D eigenvalue weighted by molar-refractivity contribution is -0.123. The van der Waals surface area contributed by atoms with Crippen molar-refractivity contribution in [2.75, 3.05) is 12.3 Å². The van der Waals surface area contributed by atoms with Gasteiger partial charge in [-0.05, 0) is 12.1 Å². The topological polar surface area (TPSA) is 55.1 Å². The van der Waals surface area contributed by atoms with Gasteiger partial charge in [0.1, 0.15) is 0 Å². The highest BCUT2D eigenvalue weighted by atomic mass is 35.5. The summed E-state index contributed by atoms with van der Waals surface area (Å²) in [5, 5.41) is 1.56. The Morgan fingerprint density at radius 3 is 2.61 bits per heavy atom. The van der Waals surface area contributed by atoms with Gasteiger partial charge >= 0.3 is 12.3 Å². The van der Waals surface area contributed by atoms with Crippen LogP contribution >= 0.6 is 11.6 Å². The predicted octanol–water partition coefficient (Wildman–Crippen LogP) is 2.55. The number of rotatable bonds is 4. The van der Waals surface area contributed by atoms with Crippen LogP contribution in [0.3, 0.4) is 0 Å². The zero-order chi connectivity index (χ0) is 13.9. The van der Waals surface area contributed by atoms with Crippen molar-refractivity contribution in [3.8, 4) is 0 Å². The summed E-state index contributed by atoms with van der Waals surface area (Å²) in [6, 6.07) is 4.04. The van der Waals surface area contributed by atoms with E-state index in [1.807, 2.05) is 0 Å². The molecule has 0 atom stereocenters. The molecule has 1 aromatic carbocycles. The molecule has 0 fully saturated rings. The number of nitrogen functional groups attached to an aromatic ring is 1. The Hall–Kier alpha value is -1.50. The van der Waals surface area contributed by atoms with E-state index in [1.165, 1.54) is 18.2 Å². The van der Waals surface area contributed by atoms with Crippen LogP contribution in [0.1, 0.15) is 10.4 Å². The molecule has 0 aliphatic rings. The Kier molecular flexibility index (Phi) is 4.39. The summed E-state index contributed by atoms with van der Waals surface area (Å²) in [6.45, 7) is -1.48. The Bertz CT molecular complexity index is 454. The molecule has 0 aliphatic carbocycles. The van der Waals surface area contributed by atoms with Crippen molar-refractivity contribution >= 4 is 23.2 Å². The molecule has 0 unspecified atom stereocenters. The molecule has 0 aliphatic heterocycles. The van der Waals surface area contributed by atoms with Gasteiger partial charge in [0.2, 0.25) is 0 Å². The molecule has 100 valence electrons. The van der Waals surface area contributed by atoms with Crippen LogP contribution < -0.4 is 11.1 Å². The monoisotopic (exact) mass is 284 g/mol. The summed E-state index contributed by atoms with van der Waals surface area (Å²) in [6.07, 6.45) is -3.85. The molecule has 0 saturated heterocycles. The van der Waals surface area contributed by atoms with Crippen molar-refractivity contribution in [2.45, 2.75) is 12.3 Å². The molecule has 0 radical (unpaired) electrons. The fraction of sp³-hybridized carbons (Fsp3) is 0.300. The van der Waals surface area contributed by atoms with Crippen LogP contribution in [-0.2, 0) is 0 Å². The van der Waals surface area contributed by atoms with E-state index in [0.717, 1.165) is 0 Å². The summed E-state index contributed by atoms with van der Waals surface area (Å²) in [7, 11) is 0. The van der Waals surface area contributed by atoms with E-state index in [2.05, 4.69) is 0 Å². The van der Waals surface area contributed by atoms with Crippen LogP contribution in [-0.4, -0.2) is 24.8 Å². The average Bonchev–Trinajstić information content (AvgIpc) is 2.29. The van der Waals surface area contributed by atoms with Crippen LogP contribution in [0, 0.1) is 0 Å². The lowest BCUT2D eigenvalue weighted by atomic mass is 10.2. The molecular weight excluding hydrogens is 276 g/mol. The number of alkyl halides is 4. The van der Waals surface area contributed by atoms with Crippen LogP contribution in [0.15, 0.2) is 18.2 Å². The molecule has 0 heterocycles. The largest absolute Gasteiger partial charge is 0.398 e. The molecule has 8 heteroatoms. The maximum atomic E-state index is 12.6. The first-order chi connectivity index (χ1) is 8.25. The number of halogens is 5. The number of benzene rings is 1. The van der Waals surface area contributed by atoms with Gasteiger partial charge in [-0.25, -0.2) is 8.78 Å². The highest BCUT2D eigenvalue weighted by Crippen LogP contribution is 2.24. The van der Waals surface area contributed by atoms with Crippen LogP contribution in [0.4, 0.5) is 23.2 Å². The minimum Gasteiger partial charge on any atom is -0.398 e. The molecule has 18 heavy (non-hydrogen) atoms. The summed E-state index contributed by atoms with van der Waals surface area (Å²) in [5.41, 5.74) is 5.35. The predicted molar refractivity (Wildman–Crippen MR) is 59.1 cm³/mol. The van der Waals surface area contributed by atoms with Gasteiger partial charge in [0, 0.05) is 0 Å². The third kappa shape index (κ3) is 3.25. The Labute approximate surface area is 105 Å². The van der Waals surface area contributed by atoms with Crippen molar-refractivity contribution in [2.24, 2.45) is 0 Å². The highest BCUT2D eigenvalue weighted by molar-refractivity contribution is 6.36. The van der Waals surface area contributed by atoms with Crippen molar-refractivity contribution < 1.29 is 22.4 Å². The van der Waals surface area contributed by atoms with E-state index in [-0.39, 0.29) is 16.3 Å². The summed E-state index contributed by atoms with van der Waals surface area (Å²) in [5.74, 6) is -5.28. The van der Waals surface area contributed by atoms with Crippen molar-refractivity contribution in [3.63, 3.8) is 0 Å².